The van der Waals surface area contributed by atoms with Crippen LogP contribution in [0.25, 0.3) is 22.5 Å². The zero-order valence-electron chi connectivity index (χ0n) is 21.5. The quantitative estimate of drug-likeness (QED) is 0.204. The van der Waals surface area contributed by atoms with Crippen molar-refractivity contribution in [3.8, 4) is 28.3 Å². The molecule has 0 saturated heterocycles. The number of aromatic nitrogens is 2. The van der Waals surface area contributed by atoms with E-state index in [9.17, 15) is 0 Å². The minimum Gasteiger partial charge on any atom is -0.494 e. The molecule has 2 aromatic carbocycles. The number of imidazole rings is 1. The Kier molecular flexibility index (Phi) is 11.8. The molecule has 1 heterocycles. The van der Waals surface area contributed by atoms with Gasteiger partial charge in [0, 0.05) is 18.0 Å². The second kappa shape index (κ2) is 15.4. The van der Waals surface area contributed by atoms with Crippen LogP contribution < -0.4 is 4.74 Å². The first-order valence-electron chi connectivity index (χ1n) is 13.7. The maximum Gasteiger partial charge on any atom is 0.137 e. The summed E-state index contributed by atoms with van der Waals surface area (Å²) in [7, 11) is 0. The Morgan fingerprint density at radius 2 is 1.38 bits per heavy atom. The third-order valence-corrected chi connectivity index (χ3v) is 6.59. The van der Waals surface area contributed by atoms with Crippen molar-refractivity contribution in [2.45, 2.75) is 97.3 Å². The molecule has 0 aliphatic carbocycles. The number of nitrogens with zero attached hydrogens (tertiary/aromatic N) is 1. The van der Waals surface area contributed by atoms with Gasteiger partial charge in [0.25, 0.3) is 0 Å². The second-order valence-electron chi connectivity index (χ2n) is 9.48. The molecule has 3 nitrogen and oxygen atoms in total. The molecule has 0 atom stereocenters. The monoisotopic (exact) mass is 460 g/mol. The first-order chi connectivity index (χ1) is 16.8. The summed E-state index contributed by atoms with van der Waals surface area (Å²) in [6.45, 7) is 5.34. The van der Waals surface area contributed by atoms with Crippen molar-refractivity contribution in [2.75, 3.05) is 6.61 Å². The van der Waals surface area contributed by atoms with E-state index in [1.54, 1.807) is 0 Å². The van der Waals surface area contributed by atoms with Crippen LogP contribution in [0.2, 0.25) is 0 Å². The predicted molar refractivity (Wildman–Crippen MR) is 145 cm³/mol. The molecular formula is C31H44N2O. The van der Waals surface area contributed by atoms with E-state index in [2.05, 4.69) is 66.3 Å². The van der Waals surface area contributed by atoms with Gasteiger partial charge in [0.15, 0.2) is 0 Å². The van der Waals surface area contributed by atoms with Crippen LogP contribution in [0.15, 0.2) is 54.9 Å². The summed E-state index contributed by atoms with van der Waals surface area (Å²) in [5.41, 5.74) is 5.01. The molecule has 3 aromatic rings. The van der Waals surface area contributed by atoms with E-state index in [0.717, 1.165) is 36.6 Å². The largest absolute Gasteiger partial charge is 0.494 e. The highest BCUT2D eigenvalue weighted by atomic mass is 16.5. The molecule has 0 radical (unpaired) electrons. The lowest BCUT2D eigenvalue weighted by Gasteiger charge is -2.12. The maximum absolute atomic E-state index is 6.00. The normalized spacial score (nSPS) is 11.1. The smallest absolute Gasteiger partial charge is 0.137 e. The van der Waals surface area contributed by atoms with Gasteiger partial charge in [-0.3, -0.25) is 0 Å². The van der Waals surface area contributed by atoms with Crippen molar-refractivity contribution in [1.82, 2.24) is 9.97 Å². The van der Waals surface area contributed by atoms with Crippen molar-refractivity contribution >= 4 is 0 Å². The van der Waals surface area contributed by atoms with Gasteiger partial charge >= 0.3 is 0 Å². The number of hydrogen-bond donors (Lipinski definition) is 1. The van der Waals surface area contributed by atoms with Gasteiger partial charge in [-0.05, 0) is 48.1 Å². The number of unbranched alkanes of at least 4 members (excludes halogenated alkanes) is 10. The van der Waals surface area contributed by atoms with Gasteiger partial charge in [0.05, 0.1) is 6.61 Å². The van der Waals surface area contributed by atoms with Crippen LogP contribution >= 0.6 is 0 Å². The van der Waals surface area contributed by atoms with Crippen molar-refractivity contribution in [3.05, 3.63) is 60.4 Å². The highest BCUT2D eigenvalue weighted by Crippen LogP contribution is 2.33. The van der Waals surface area contributed by atoms with Crippen LogP contribution in [0.3, 0.4) is 0 Å². The van der Waals surface area contributed by atoms with Crippen LogP contribution in [0.5, 0.6) is 5.75 Å². The molecule has 3 heteroatoms. The summed E-state index contributed by atoms with van der Waals surface area (Å²) in [4.78, 5) is 7.80. The molecular weight excluding hydrogens is 416 g/mol. The summed E-state index contributed by atoms with van der Waals surface area (Å²) in [5.74, 6) is 1.88. The first-order valence-corrected chi connectivity index (χ1v) is 13.7. The molecule has 0 saturated carbocycles. The molecule has 0 spiro atoms. The third kappa shape index (κ3) is 8.66. The molecule has 3 rings (SSSR count). The Morgan fingerprint density at radius 3 is 2.06 bits per heavy atom. The van der Waals surface area contributed by atoms with Gasteiger partial charge in [-0.15, -0.1) is 0 Å². The van der Waals surface area contributed by atoms with Gasteiger partial charge in [-0.2, -0.15) is 0 Å². The maximum atomic E-state index is 6.00. The molecule has 1 aromatic heterocycles. The number of hydrogen-bond acceptors (Lipinski definition) is 2. The molecule has 0 amide bonds. The third-order valence-electron chi connectivity index (χ3n) is 6.59. The van der Waals surface area contributed by atoms with E-state index in [1.807, 2.05) is 12.4 Å². The van der Waals surface area contributed by atoms with Gasteiger partial charge in [0.2, 0.25) is 0 Å². The number of benzene rings is 2. The fourth-order valence-electron chi connectivity index (χ4n) is 4.52. The molecule has 1 N–H and O–H groups in total. The van der Waals surface area contributed by atoms with E-state index in [1.165, 1.54) is 87.3 Å². The lowest BCUT2D eigenvalue weighted by molar-refractivity contribution is 0.304. The zero-order chi connectivity index (χ0) is 23.8. The van der Waals surface area contributed by atoms with Gasteiger partial charge in [-0.25, -0.2) is 4.98 Å². The molecule has 184 valence electrons. The van der Waals surface area contributed by atoms with E-state index in [-0.39, 0.29) is 0 Å². The number of ether oxygens (including phenoxy) is 1. The summed E-state index contributed by atoms with van der Waals surface area (Å²) in [6.07, 6.45) is 20.5. The van der Waals surface area contributed by atoms with Gasteiger partial charge in [0.1, 0.15) is 11.6 Å². The number of H-pyrrole nitrogens is 1. The molecule has 34 heavy (non-hydrogen) atoms. The zero-order valence-corrected chi connectivity index (χ0v) is 21.5. The average molecular weight is 461 g/mol. The van der Waals surface area contributed by atoms with Crippen LogP contribution in [0, 0.1) is 0 Å². The number of aryl methyl sites for hydroxylation is 1. The van der Waals surface area contributed by atoms with E-state index in [0.29, 0.717) is 0 Å². The average Bonchev–Trinajstić information content (AvgIpc) is 3.41. The minimum absolute atomic E-state index is 0.802. The van der Waals surface area contributed by atoms with Crippen molar-refractivity contribution in [1.29, 1.82) is 0 Å². The molecule has 0 aliphatic rings. The Hall–Kier alpha value is -2.55. The highest BCUT2D eigenvalue weighted by molar-refractivity contribution is 5.81. The minimum atomic E-state index is 0.802. The van der Waals surface area contributed by atoms with Crippen molar-refractivity contribution in [2.24, 2.45) is 0 Å². The van der Waals surface area contributed by atoms with Crippen molar-refractivity contribution < 1.29 is 4.74 Å². The van der Waals surface area contributed by atoms with Crippen molar-refractivity contribution in [3.63, 3.8) is 0 Å². The van der Waals surface area contributed by atoms with Crippen LogP contribution in [-0.2, 0) is 6.42 Å². The van der Waals surface area contributed by atoms with E-state index in [4.69, 9.17) is 4.74 Å². The van der Waals surface area contributed by atoms with Gasteiger partial charge in [-0.1, -0.05) is 108 Å². The summed E-state index contributed by atoms with van der Waals surface area (Å²) in [6, 6.07) is 15.4. The predicted octanol–water partition coefficient (Wildman–Crippen LogP) is 9.39. The fourth-order valence-corrected chi connectivity index (χ4v) is 4.52. The highest BCUT2D eigenvalue weighted by Gasteiger charge is 2.11. The Labute approximate surface area is 207 Å². The molecule has 0 aliphatic heterocycles. The summed E-state index contributed by atoms with van der Waals surface area (Å²) >= 11 is 0. The number of rotatable bonds is 17. The summed E-state index contributed by atoms with van der Waals surface area (Å²) in [5, 5.41) is 0. The summed E-state index contributed by atoms with van der Waals surface area (Å²) < 4.78 is 6.00. The lowest BCUT2D eigenvalue weighted by atomic mass is 9.94. The van der Waals surface area contributed by atoms with Crippen LogP contribution in [0.1, 0.15) is 96.5 Å². The lowest BCUT2D eigenvalue weighted by Crippen LogP contribution is -1.97. The molecule has 0 bridgehead atoms. The van der Waals surface area contributed by atoms with Crippen LogP contribution in [-0.4, -0.2) is 16.6 Å². The SMILES string of the molecule is CCCCCCCCOc1ccc(-c2cc(CCCCCCCC)ccc2-c2ncc[nH]2)cc1. The standard InChI is InChI=1S/C31H44N2O/c1-3-5-7-9-11-13-15-26-16-21-29(31-32-22-23-33-31)30(25-26)27-17-19-28(20-18-27)34-24-14-12-10-8-6-4-2/h16-23,25H,3-15,24H2,1-2H3,(H,32,33). The second-order valence-corrected chi connectivity index (χ2v) is 9.48. The fraction of sp³-hybridized carbons (Fsp3) is 0.516. The van der Waals surface area contributed by atoms with Gasteiger partial charge < -0.3 is 9.72 Å². The molecule has 0 fully saturated rings. The van der Waals surface area contributed by atoms with E-state index < -0.39 is 0 Å². The number of aromatic amines is 1. The number of nitrogens with one attached hydrogen (secondary N) is 1. The van der Waals surface area contributed by atoms with Crippen LogP contribution in [0.4, 0.5) is 0 Å². The Morgan fingerprint density at radius 1 is 0.706 bits per heavy atom. The molecule has 0 unspecified atom stereocenters. The van der Waals surface area contributed by atoms with E-state index >= 15 is 0 Å². The first kappa shape index (κ1) is 26.1. The Balaban J connectivity index is 1.61. The Bertz CT molecular complexity index is 915. The topological polar surface area (TPSA) is 37.9 Å².